The standard InChI is InChI=1S/C14H25N3/c1-4-9-15-14(8-11-17(2)3)12-13-7-5-6-10-16-13/h5-7,10,14-15H,4,8-9,11-12H2,1-3H3. The Morgan fingerprint density at radius 2 is 2.18 bits per heavy atom. The van der Waals surface area contributed by atoms with Crippen molar-refractivity contribution >= 4 is 0 Å². The monoisotopic (exact) mass is 235 g/mol. The summed E-state index contributed by atoms with van der Waals surface area (Å²) in [6.07, 6.45) is 5.25. The molecule has 0 saturated heterocycles. The van der Waals surface area contributed by atoms with Gasteiger partial charge in [-0.05, 0) is 52.2 Å². The van der Waals surface area contributed by atoms with E-state index in [1.807, 2.05) is 12.3 Å². The highest BCUT2D eigenvalue weighted by Gasteiger charge is 2.09. The van der Waals surface area contributed by atoms with Gasteiger partial charge in [0.2, 0.25) is 0 Å². The maximum atomic E-state index is 4.40. The highest BCUT2D eigenvalue weighted by Crippen LogP contribution is 2.03. The highest BCUT2D eigenvalue weighted by atomic mass is 15.1. The largest absolute Gasteiger partial charge is 0.314 e. The lowest BCUT2D eigenvalue weighted by molar-refractivity contribution is 0.355. The third-order valence-corrected chi connectivity index (χ3v) is 2.79. The number of hydrogen-bond donors (Lipinski definition) is 1. The van der Waals surface area contributed by atoms with Crippen LogP contribution in [0, 0.1) is 0 Å². The number of hydrogen-bond acceptors (Lipinski definition) is 3. The number of nitrogens with one attached hydrogen (secondary N) is 1. The van der Waals surface area contributed by atoms with E-state index in [1.54, 1.807) is 0 Å². The summed E-state index contributed by atoms with van der Waals surface area (Å²) < 4.78 is 0. The Morgan fingerprint density at radius 3 is 2.76 bits per heavy atom. The summed E-state index contributed by atoms with van der Waals surface area (Å²) in [6.45, 7) is 4.41. The summed E-state index contributed by atoms with van der Waals surface area (Å²) in [5.41, 5.74) is 1.18. The van der Waals surface area contributed by atoms with Crippen LogP contribution in [0.5, 0.6) is 0 Å². The fourth-order valence-electron chi connectivity index (χ4n) is 1.81. The molecule has 1 aromatic heterocycles. The van der Waals surface area contributed by atoms with Crippen molar-refractivity contribution in [2.24, 2.45) is 0 Å². The average Bonchev–Trinajstić information content (AvgIpc) is 2.34. The molecule has 1 atom stereocenters. The molecule has 0 saturated carbocycles. The molecule has 0 spiro atoms. The van der Waals surface area contributed by atoms with Gasteiger partial charge in [-0.3, -0.25) is 4.98 Å². The molecule has 1 heterocycles. The Bertz CT molecular complexity index is 285. The first kappa shape index (κ1) is 14.1. The van der Waals surface area contributed by atoms with Crippen LogP contribution in [-0.4, -0.2) is 43.1 Å². The Kier molecular flexibility index (Phi) is 6.82. The van der Waals surface area contributed by atoms with Crippen molar-refractivity contribution in [3.8, 4) is 0 Å². The number of rotatable bonds is 8. The molecule has 0 aliphatic rings. The van der Waals surface area contributed by atoms with Crippen LogP contribution in [0.4, 0.5) is 0 Å². The van der Waals surface area contributed by atoms with Crippen LogP contribution in [0.2, 0.25) is 0 Å². The van der Waals surface area contributed by atoms with Gasteiger partial charge in [0.05, 0.1) is 0 Å². The van der Waals surface area contributed by atoms with Crippen LogP contribution in [0.3, 0.4) is 0 Å². The fourth-order valence-corrected chi connectivity index (χ4v) is 1.81. The molecule has 0 amide bonds. The minimum absolute atomic E-state index is 0.534. The lowest BCUT2D eigenvalue weighted by atomic mass is 10.1. The molecular weight excluding hydrogens is 210 g/mol. The van der Waals surface area contributed by atoms with Crippen molar-refractivity contribution < 1.29 is 0 Å². The fraction of sp³-hybridized carbons (Fsp3) is 0.643. The van der Waals surface area contributed by atoms with Crippen LogP contribution < -0.4 is 5.32 Å². The van der Waals surface area contributed by atoms with Crippen molar-refractivity contribution in [1.82, 2.24) is 15.2 Å². The van der Waals surface area contributed by atoms with E-state index in [9.17, 15) is 0 Å². The highest BCUT2D eigenvalue weighted by molar-refractivity contribution is 5.05. The first-order valence-electron chi connectivity index (χ1n) is 6.50. The zero-order valence-corrected chi connectivity index (χ0v) is 11.3. The normalized spacial score (nSPS) is 12.9. The van der Waals surface area contributed by atoms with Crippen molar-refractivity contribution in [3.05, 3.63) is 30.1 Å². The second kappa shape index (κ2) is 8.20. The van der Waals surface area contributed by atoms with Crippen molar-refractivity contribution in [2.75, 3.05) is 27.2 Å². The molecule has 3 heteroatoms. The van der Waals surface area contributed by atoms with Gasteiger partial charge in [0, 0.05) is 24.4 Å². The van der Waals surface area contributed by atoms with Gasteiger partial charge >= 0.3 is 0 Å². The van der Waals surface area contributed by atoms with Crippen LogP contribution in [-0.2, 0) is 6.42 Å². The minimum Gasteiger partial charge on any atom is -0.314 e. The molecule has 0 bridgehead atoms. The molecule has 1 aromatic rings. The molecule has 1 rings (SSSR count). The Balaban J connectivity index is 2.44. The summed E-state index contributed by atoms with van der Waals surface area (Å²) in [7, 11) is 4.25. The predicted molar refractivity (Wildman–Crippen MR) is 73.2 cm³/mol. The second-order valence-electron chi connectivity index (χ2n) is 4.77. The Hall–Kier alpha value is -0.930. The molecule has 3 nitrogen and oxygen atoms in total. The maximum Gasteiger partial charge on any atom is 0.0419 e. The van der Waals surface area contributed by atoms with E-state index >= 15 is 0 Å². The van der Waals surface area contributed by atoms with Gasteiger partial charge in [-0.15, -0.1) is 0 Å². The quantitative estimate of drug-likeness (QED) is 0.746. The summed E-state index contributed by atoms with van der Waals surface area (Å²) >= 11 is 0. The molecule has 0 radical (unpaired) electrons. The third-order valence-electron chi connectivity index (χ3n) is 2.79. The minimum atomic E-state index is 0.534. The predicted octanol–water partition coefficient (Wildman–Crippen LogP) is 1.94. The van der Waals surface area contributed by atoms with E-state index in [4.69, 9.17) is 0 Å². The summed E-state index contributed by atoms with van der Waals surface area (Å²) in [6, 6.07) is 6.67. The lowest BCUT2D eigenvalue weighted by Gasteiger charge is -2.20. The van der Waals surface area contributed by atoms with Gasteiger partial charge in [0.25, 0.3) is 0 Å². The van der Waals surface area contributed by atoms with Gasteiger partial charge in [0.1, 0.15) is 0 Å². The molecular formula is C14H25N3. The number of aromatic nitrogens is 1. The average molecular weight is 235 g/mol. The molecule has 0 fully saturated rings. The summed E-state index contributed by atoms with van der Waals surface area (Å²) in [5.74, 6) is 0. The van der Waals surface area contributed by atoms with E-state index in [2.05, 4.69) is 48.4 Å². The number of pyridine rings is 1. The second-order valence-corrected chi connectivity index (χ2v) is 4.77. The lowest BCUT2D eigenvalue weighted by Crippen LogP contribution is -2.34. The van der Waals surface area contributed by atoms with Crippen LogP contribution in [0.1, 0.15) is 25.5 Å². The Labute approximate surface area is 105 Å². The van der Waals surface area contributed by atoms with Crippen LogP contribution in [0.25, 0.3) is 0 Å². The molecule has 0 aliphatic carbocycles. The molecule has 1 unspecified atom stereocenters. The van der Waals surface area contributed by atoms with Gasteiger partial charge < -0.3 is 10.2 Å². The SMILES string of the molecule is CCCNC(CCN(C)C)Cc1ccccn1. The van der Waals surface area contributed by atoms with Gasteiger partial charge in [-0.2, -0.15) is 0 Å². The first-order chi connectivity index (χ1) is 8.22. The molecule has 0 aliphatic heterocycles. The zero-order valence-electron chi connectivity index (χ0n) is 11.3. The van der Waals surface area contributed by atoms with E-state index in [0.29, 0.717) is 6.04 Å². The first-order valence-corrected chi connectivity index (χ1v) is 6.50. The van der Waals surface area contributed by atoms with Gasteiger partial charge in [-0.25, -0.2) is 0 Å². The molecule has 96 valence electrons. The third kappa shape index (κ3) is 6.39. The molecule has 17 heavy (non-hydrogen) atoms. The van der Waals surface area contributed by atoms with E-state index in [-0.39, 0.29) is 0 Å². The van der Waals surface area contributed by atoms with Gasteiger partial charge in [0.15, 0.2) is 0 Å². The molecule has 1 N–H and O–H groups in total. The van der Waals surface area contributed by atoms with Crippen molar-refractivity contribution in [3.63, 3.8) is 0 Å². The topological polar surface area (TPSA) is 28.2 Å². The van der Waals surface area contributed by atoms with E-state index in [0.717, 1.165) is 19.5 Å². The van der Waals surface area contributed by atoms with Crippen LogP contribution in [0.15, 0.2) is 24.4 Å². The smallest absolute Gasteiger partial charge is 0.0419 e. The maximum absolute atomic E-state index is 4.40. The Morgan fingerprint density at radius 1 is 1.35 bits per heavy atom. The van der Waals surface area contributed by atoms with Gasteiger partial charge in [-0.1, -0.05) is 13.0 Å². The van der Waals surface area contributed by atoms with Crippen molar-refractivity contribution in [1.29, 1.82) is 0 Å². The van der Waals surface area contributed by atoms with Crippen molar-refractivity contribution in [2.45, 2.75) is 32.2 Å². The molecule has 0 aromatic carbocycles. The summed E-state index contributed by atoms with van der Waals surface area (Å²) in [4.78, 5) is 6.64. The van der Waals surface area contributed by atoms with Crippen LogP contribution >= 0.6 is 0 Å². The number of nitrogens with zero attached hydrogens (tertiary/aromatic N) is 2. The van der Waals surface area contributed by atoms with E-state index < -0.39 is 0 Å². The van der Waals surface area contributed by atoms with E-state index in [1.165, 1.54) is 18.5 Å². The zero-order chi connectivity index (χ0) is 12.5. The summed E-state index contributed by atoms with van der Waals surface area (Å²) in [5, 5.41) is 3.61.